The van der Waals surface area contributed by atoms with Crippen molar-refractivity contribution in [3.8, 4) is 17.6 Å². The molecule has 0 fully saturated rings. The van der Waals surface area contributed by atoms with E-state index in [4.69, 9.17) is 44.3 Å². The summed E-state index contributed by atoms with van der Waals surface area (Å²) < 4.78 is 11.3. The third kappa shape index (κ3) is 5.32. The molecule has 0 saturated carbocycles. The van der Waals surface area contributed by atoms with Crippen LogP contribution in [0.4, 0.5) is 5.69 Å². The fourth-order valence-corrected chi connectivity index (χ4v) is 3.51. The second kappa shape index (κ2) is 10.4. The molecule has 32 heavy (non-hydrogen) atoms. The maximum absolute atomic E-state index is 10.8. The molecule has 0 spiro atoms. The highest BCUT2D eigenvalue weighted by atomic mass is 35.5. The molecule has 9 heteroatoms. The van der Waals surface area contributed by atoms with Gasteiger partial charge in [-0.3, -0.25) is 10.1 Å². The van der Waals surface area contributed by atoms with Gasteiger partial charge in [0, 0.05) is 22.7 Å². The van der Waals surface area contributed by atoms with Crippen molar-refractivity contribution in [2.75, 3.05) is 7.11 Å². The molecule has 0 saturated heterocycles. The Morgan fingerprint density at radius 1 is 1.06 bits per heavy atom. The van der Waals surface area contributed by atoms with E-state index >= 15 is 0 Å². The van der Waals surface area contributed by atoms with E-state index in [9.17, 15) is 15.4 Å². The zero-order chi connectivity index (χ0) is 23.3. The summed E-state index contributed by atoms with van der Waals surface area (Å²) in [7, 11) is 1.50. The molecular weight excluding hydrogens is 475 g/mol. The summed E-state index contributed by atoms with van der Waals surface area (Å²) in [6, 6.07) is 16.3. The summed E-state index contributed by atoms with van der Waals surface area (Å²) in [5.74, 6) is 0.889. The highest BCUT2D eigenvalue weighted by molar-refractivity contribution is 6.44. The standard InChI is InChI=1S/C23H15Cl3N2O4/c1-31-22-11-14(10-16(12-27)15-3-5-17(6-4-15)28(29)30)2-9-21(22)32-13-18-19(24)7-8-20(25)23(18)26/h2-11H,13H2,1H3. The third-order valence-electron chi connectivity index (χ3n) is 4.52. The van der Waals surface area contributed by atoms with Crippen LogP contribution in [0, 0.1) is 21.4 Å². The van der Waals surface area contributed by atoms with E-state index in [1.807, 2.05) is 0 Å². The van der Waals surface area contributed by atoms with Gasteiger partial charge in [0.1, 0.15) is 6.61 Å². The minimum absolute atomic E-state index is 0.0471. The molecule has 0 bridgehead atoms. The van der Waals surface area contributed by atoms with Gasteiger partial charge in [0.2, 0.25) is 0 Å². The summed E-state index contributed by atoms with van der Waals surface area (Å²) in [5, 5.41) is 21.5. The van der Waals surface area contributed by atoms with E-state index in [0.717, 1.165) is 0 Å². The molecular formula is C23H15Cl3N2O4. The first-order valence-electron chi connectivity index (χ1n) is 9.14. The Bertz CT molecular complexity index is 1240. The molecule has 0 heterocycles. The SMILES string of the molecule is COc1cc(C=C(C#N)c2ccc([N+](=O)[O-])cc2)ccc1OCc1c(Cl)ccc(Cl)c1Cl. The number of benzene rings is 3. The van der Waals surface area contributed by atoms with Crippen LogP contribution in [0.25, 0.3) is 11.6 Å². The number of nitriles is 1. The lowest BCUT2D eigenvalue weighted by atomic mass is 10.0. The highest BCUT2D eigenvalue weighted by Crippen LogP contribution is 2.35. The van der Waals surface area contributed by atoms with Crippen LogP contribution in [0.5, 0.6) is 11.5 Å². The number of nitrogens with zero attached hydrogens (tertiary/aromatic N) is 2. The van der Waals surface area contributed by atoms with Crippen LogP contribution in [0.2, 0.25) is 15.1 Å². The molecule has 0 aromatic heterocycles. The van der Waals surface area contributed by atoms with Gasteiger partial charge in [-0.1, -0.05) is 40.9 Å². The predicted octanol–water partition coefficient (Wildman–Crippen LogP) is 7.21. The molecule has 162 valence electrons. The number of rotatable bonds is 7. The molecule has 0 radical (unpaired) electrons. The first-order valence-corrected chi connectivity index (χ1v) is 10.3. The maximum atomic E-state index is 10.8. The summed E-state index contributed by atoms with van der Waals surface area (Å²) in [6.45, 7) is 0.0794. The Morgan fingerprint density at radius 3 is 2.38 bits per heavy atom. The van der Waals surface area contributed by atoms with Crippen LogP contribution in [-0.4, -0.2) is 12.0 Å². The molecule has 3 rings (SSSR count). The van der Waals surface area contributed by atoms with Crippen molar-refractivity contribution in [3.63, 3.8) is 0 Å². The Hall–Kier alpha value is -3.24. The average molecular weight is 490 g/mol. The van der Waals surface area contributed by atoms with Crippen LogP contribution < -0.4 is 9.47 Å². The Kier molecular flexibility index (Phi) is 7.60. The largest absolute Gasteiger partial charge is 0.493 e. The fraction of sp³-hybridized carbons (Fsp3) is 0.0870. The Labute approximate surface area is 199 Å². The van der Waals surface area contributed by atoms with Gasteiger partial charge >= 0.3 is 0 Å². The number of non-ortho nitro benzene ring substituents is 1. The lowest BCUT2D eigenvalue weighted by Crippen LogP contribution is -2.00. The molecule has 0 N–H and O–H groups in total. The summed E-state index contributed by atoms with van der Waals surface area (Å²) in [6.07, 6.45) is 1.65. The van der Waals surface area contributed by atoms with Crippen LogP contribution in [0.1, 0.15) is 16.7 Å². The highest BCUT2D eigenvalue weighted by Gasteiger charge is 2.13. The number of halogens is 3. The van der Waals surface area contributed by atoms with Gasteiger partial charge in [0.25, 0.3) is 5.69 Å². The van der Waals surface area contributed by atoms with Crippen LogP contribution in [0.15, 0.2) is 54.6 Å². The van der Waals surface area contributed by atoms with E-state index in [2.05, 4.69) is 6.07 Å². The van der Waals surface area contributed by atoms with E-state index in [-0.39, 0.29) is 12.3 Å². The molecule has 0 amide bonds. The van der Waals surface area contributed by atoms with Crippen molar-refractivity contribution in [2.45, 2.75) is 6.61 Å². The van der Waals surface area contributed by atoms with Gasteiger partial charge in [0.15, 0.2) is 11.5 Å². The van der Waals surface area contributed by atoms with Crippen molar-refractivity contribution in [2.24, 2.45) is 0 Å². The fourth-order valence-electron chi connectivity index (χ4n) is 2.85. The quantitative estimate of drug-likeness (QED) is 0.115. The summed E-state index contributed by atoms with van der Waals surface area (Å²) >= 11 is 18.5. The molecule has 3 aromatic carbocycles. The summed E-state index contributed by atoms with van der Waals surface area (Å²) in [4.78, 5) is 10.3. The number of nitro benzene ring substituents is 1. The van der Waals surface area contributed by atoms with Gasteiger partial charge in [-0.2, -0.15) is 5.26 Å². The first kappa shape index (κ1) is 23.4. The second-order valence-corrected chi connectivity index (χ2v) is 7.69. The van der Waals surface area contributed by atoms with Crippen molar-refractivity contribution < 1.29 is 14.4 Å². The number of nitro groups is 1. The zero-order valence-electron chi connectivity index (χ0n) is 16.6. The number of ether oxygens (including phenoxy) is 2. The molecule has 0 atom stereocenters. The third-order valence-corrected chi connectivity index (χ3v) is 5.72. The van der Waals surface area contributed by atoms with Crippen LogP contribution in [0.3, 0.4) is 0 Å². The second-order valence-electron chi connectivity index (χ2n) is 6.49. The van der Waals surface area contributed by atoms with Crippen molar-refractivity contribution >= 4 is 52.1 Å². The minimum Gasteiger partial charge on any atom is -0.493 e. The molecule has 0 aliphatic heterocycles. The van der Waals surface area contributed by atoms with Gasteiger partial charge in [-0.15, -0.1) is 0 Å². The maximum Gasteiger partial charge on any atom is 0.269 e. The van der Waals surface area contributed by atoms with E-state index in [1.165, 1.54) is 31.4 Å². The number of hydrogen-bond acceptors (Lipinski definition) is 5. The number of allylic oxidation sites excluding steroid dienone is 1. The lowest BCUT2D eigenvalue weighted by molar-refractivity contribution is -0.384. The molecule has 0 unspecified atom stereocenters. The van der Waals surface area contributed by atoms with E-state index in [0.29, 0.717) is 48.8 Å². The summed E-state index contributed by atoms with van der Waals surface area (Å²) in [5.41, 5.74) is 2.09. The van der Waals surface area contributed by atoms with Gasteiger partial charge in [-0.05, 0) is 53.6 Å². The first-order chi connectivity index (χ1) is 15.3. The smallest absolute Gasteiger partial charge is 0.269 e. The Morgan fingerprint density at radius 2 is 1.75 bits per heavy atom. The van der Waals surface area contributed by atoms with Crippen molar-refractivity contribution in [3.05, 3.63) is 96.5 Å². The molecule has 0 aliphatic carbocycles. The Balaban J connectivity index is 1.85. The molecule has 3 aromatic rings. The number of hydrogen-bond donors (Lipinski definition) is 0. The van der Waals surface area contributed by atoms with E-state index < -0.39 is 4.92 Å². The monoisotopic (exact) mass is 488 g/mol. The number of methoxy groups -OCH3 is 1. The van der Waals surface area contributed by atoms with Gasteiger partial charge in [-0.25, -0.2) is 0 Å². The average Bonchev–Trinajstić information content (AvgIpc) is 2.80. The van der Waals surface area contributed by atoms with Crippen LogP contribution in [-0.2, 0) is 6.61 Å². The topological polar surface area (TPSA) is 85.4 Å². The van der Waals surface area contributed by atoms with Gasteiger partial charge < -0.3 is 9.47 Å². The lowest BCUT2D eigenvalue weighted by Gasteiger charge is -2.13. The normalized spacial score (nSPS) is 11.0. The van der Waals surface area contributed by atoms with Crippen LogP contribution >= 0.6 is 34.8 Å². The molecule has 6 nitrogen and oxygen atoms in total. The minimum atomic E-state index is -0.493. The van der Waals surface area contributed by atoms with Crippen molar-refractivity contribution in [1.82, 2.24) is 0 Å². The van der Waals surface area contributed by atoms with E-state index in [1.54, 1.807) is 36.4 Å². The van der Waals surface area contributed by atoms with Crippen molar-refractivity contribution in [1.29, 1.82) is 5.26 Å². The zero-order valence-corrected chi connectivity index (χ0v) is 18.9. The predicted molar refractivity (Wildman–Crippen MR) is 125 cm³/mol. The molecule has 0 aliphatic rings. The van der Waals surface area contributed by atoms with Gasteiger partial charge in [0.05, 0.1) is 33.7 Å².